The van der Waals surface area contributed by atoms with E-state index in [1.807, 2.05) is 24.8 Å². The lowest BCUT2D eigenvalue weighted by Gasteiger charge is -2.23. The predicted molar refractivity (Wildman–Crippen MR) is 66.1 cm³/mol. The van der Waals surface area contributed by atoms with Crippen LogP contribution in [0.4, 0.5) is 0 Å². The van der Waals surface area contributed by atoms with Crippen molar-refractivity contribution in [2.24, 2.45) is 5.73 Å². The van der Waals surface area contributed by atoms with Crippen LogP contribution in [0.1, 0.15) is 29.8 Å². The summed E-state index contributed by atoms with van der Waals surface area (Å²) in [6, 6.07) is 9.62. The van der Waals surface area contributed by atoms with Crippen LogP contribution >= 0.6 is 0 Å². The van der Waals surface area contributed by atoms with Crippen molar-refractivity contribution in [3.63, 3.8) is 0 Å². The second-order valence-corrected chi connectivity index (χ2v) is 4.22. The van der Waals surface area contributed by atoms with Crippen LogP contribution in [-0.2, 0) is 6.54 Å². The molecule has 0 saturated heterocycles. The highest BCUT2D eigenvalue weighted by Gasteiger charge is 2.10. The first kappa shape index (κ1) is 13.2. The molecule has 0 aliphatic carbocycles. The third kappa shape index (κ3) is 3.89. The van der Waals surface area contributed by atoms with Gasteiger partial charge in [-0.2, -0.15) is 5.26 Å². The molecule has 1 aromatic carbocycles. The maximum Gasteiger partial charge on any atom is 0.248 e. The van der Waals surface area contributed by atoms with Gasteiger partial charge in [-0.15, -0.1) is 0 Å². The molecular weight excluding hydrogens is 214 g/mol. The average Bonchev–Trinajstić information content (AvgIpc) is 2.28. The molecule has 0 aromatic heterocycles. The van der Waals surface area contributed by atoms with Gasteiger partial charge in [-0.25, -0.2) is 0 Å². The van der Waals surface area contributed by atoms with Gasteiger partial charge in [-0.05, 0) is 31.5 Å². The van der Waals surface area contributed by atoms with E-state index in [1.54, 1.807) is 18.2 Å². The van der Waals surface area contributed by atoms with E-state index in [4.69, 9.17) is 11.0 Å². The number of carbonyl (C=O) groups is 1. The summed E-state index contributed by atoms with van der Waals surface area (Å²) in [5.41, 5.74) is 6.72. The van der Waals surface area contributed by atoms with E-state index >= 15 is 0 Å². The SMILES string of the molecule is CC(C)N(CC#N)Cc1cccc(C(N)=O)c1. The maximum absolute atomic E-state index is 11.1. The third-order valence-electron chi connectivity index (χ3n) is 2.60. The van der Waals surface area contributed by atoms with Crippen LogP contribution in [0.2, 0.25) is 0 Å². The number of nitriles is 1. The van der Waals surface area contributed by atoms with Crippen molar-refractivity contribution in [1.29, 1.82) is 5.26 Å². The molecule has 4 nitrogen and oxygen atoms in total. The summed E-state index contributed by atoms with van der Waals surface area (Å²) in [7, 11) is 0. The zero-order chi connectivity index (χ0) is 12.8. The highest BCUT2D eigenvalue weighted by Crippen LogP contribution is 2.10. The molecule has 1 amide bonds. The standard InChI is InChI=1S/C13H17N3O/c1-10(2)16(7-6-14)9-11-4-3-5-12(8-11)13(15)17/h3-5,8,10H,7,9H2,1-2H3,(H2,15,17). The van der Waals surface area contributed by atoms with Crippen LogP contribution in [-0.4, -0.2) is 23.4 Å². The number of primary amides is 1. The van der Waals surface area contributed by atoms with Crippen molar-refractivity contribution < 1.29 is 4.79 Å². The Morgan fingerprint density at radius 2 is 2.24 bits per heavy atom. The van der Waals surface area contributed by atoms with Crippen molar-refractivity contribution in [2.45, 2.75) is 26.4 Å². The Morgan fingerprint density at radius 3 is 2.76 bits per heavy atom. The topological polar surface area (TPSA) is 70.1 Å². The first-order valence-corrected chi connectivity index (χ1v) is 5.54. The van der Waals surface area contributed by atoms with Gasteiger partial charge >= 0.3 is 0 Å². The molecule has 0 saturated carbocycles. The quantitative estimate of drug-likeness (QED) is 0.781. The van der Waals surface area contributed by atoms with Crippen LogP contribution in [0.5, 0.6) is 0 Å². The number of benzene rings is 1. The van der Waals surface area contributed by atoms with Crippen molar-refractivity contribution in [3.8, 4) is 6.07 Å². The van der Waals surface area contributed by atoms with Crippen LogP contribution in [0.25, 0.3) is 0 Å². The van der Waals surface area contributed by atoms with E-state index < -0.39 is 5.91 Å². The minimum atomic E-state index is -0.428. The minimum Gasteiger partial charge on any atom is -0.366 e. The number of amides is 1. The normalized spacial score (nSPS) is 10.5. The van der Waals surface area contributed by atoms with Crippen molar-refractivity contribution in [3.05, 3.63) is 35.4 Å². The summed E-state index contributed by atoms with van der Waals surface area (Å²) >= 11 is 0. The van der Waals surface area contributed by atoms with E-state index in [0.29, 0.717) is 18.7 Å². The van der Waals surface area contributed by atoms with Gasteiger partial charge in [-0.3, -0.25) is 9.69 Å². The molecule has 0 aliphatic heterocycles. The third-order valence-corrected chi connectivity index (χ3v) is 2.60. The molecule has 0 heterocycles. The van der Waals surface area contributed by atoms with Crippen LogP contribution in [0, 0.1) is 11.3 Å². The van der Waals surface area contributed by atoms with Gasteiger partial charge in [0, 0.05) is 18.2 Å². The lowest BCUT2D eigenvalue weighted by atomic mass is 10.1. The van der Waals surface area contributed by atoms with Gasteiger partial charge in [0.1, 0.15) is 0 Å². The first-order valence-electron chi connectivity index (χ1n) is 5.54. The van der Waals surface area contributed by atoms with E-state index in [1.165, 1.54) is 0 Å². The van der Waals surface area contributed by atoms with Crippen molar-refractivity contribution >= 4 is 5.91 Å². The predicted octanol–water partition coefficient (Wildman–Crippen LogP) is 1.52. The lowest BCUT2D eigenvalue weighted by Crippen LogP contribution is -2.30. The summed E-state index contributed by atoms with van der Waals surface area (Å²) < 4.78 is 0. The van der Waals surface area contributed by atoms with Crippen LogP contribution in [0.3, 0.4) is 0 Å². The van der Waals surface area contributed by atoms with Crippen molar-refractivity contribution in [1.82, 2.24) is 4.90 Å². The molecular formula is C13H17N3O. The molecule has 0 aliphatic rings. The van der Waals surface area contributed by atoms with Gasteiger partial charge < -0.3 is 5.73 Å². The van der Waals surface area contributed by atoms with E-state index in [9.17, 15) is 4.79 Å². The molecule has 17 heavy (non-hydrogen) atoms. The summed E-state index contributed by atoms with van der Waals surface area (Å²) in [4.78, 5) is 13.1. The van der Waals surface area contributed by atoms with Gasteiger partial charge in [-0.1, -0.05) is 12.1 Å². The summed E-state index contributed by atoms with van der Waals surface area (Å²) in [6.07, 6.45) is 0. The monoisotopic (exact) mass is 231 g/mol. The fraction of sp³-hybridized carbons (Fsp3) is 0.385. The number of rotatable bonds is 5. The number of nitrogens with zero attached hydrogens (tertiary/aromatic N) is 2. The van der Waals surface area contributed by atoms with Gasteiger partial charge in [0.05, 0.1) is 12.6 Å². The second kappa shape index (κ2) is 6.02. The van der Waals surface area contributed by atoms with E-state index in [2.05, 4.69) is 6.07 Å². The van der Waals surface area contributed by atoms with Crippen LogP contribution in [0.15, 0.2) is 24.3 Å². The zero-order valence-corrected chi connectivity index (χ0v) is 10.2. The summed E-state index contributed by atoms with van der Waals surface area (Å²) in [5.74, 6) is -0.428. The van der Waals surface area contributed by atoms with E-state index in [-0.39, 0.29) is 6.04 Å². The lowest BCUT2D eigenvalue weighted by molar-refractivity contribution is 0.1000. The number of hydrogen-bond acceptors (Lipinski definition) is 3. The molecule has 1 rings (SSSR count). The molecule has 1 aromatic rings. The Morgan fingerprint density at radius 1 is 1.53 bits per heavy atom. The molecule has 4 heteroatoms. The molecule has 0 fully saturated rings. The molecule has 0 bridgehead atoms. The Bertz CT molecular complexity index is 435. The minimum absolute atomic E-state index is 0.284. The summed E-state index contributed by atoms with van der Waals surface area (Å²) in [6.45, 7) is 5.09. The molecule has 90 valence electrons. The number of hydrogen-bond donors (Lipinski definition) is 1. The maximum atomic E-state index is 11.1. The molecule has 0 unspecified atom stereocenters. The second-order valence-electron chi connectivity index (χ2n) is 4.22. The van der Waals surface area contributed by atoms with Gasteiger partial charge in [0.15, 0.2) is 0 Å². The van der Waals surface area contributed by atoms with E-state index in [0.717, 1.165) is 5.56 Å². The Balaban J connectivity index is 2.83. The Kier molecular flexibility index (Phi) is 4.68. The average molecular weight is 231 g/mol. The highest BCUT2D eigenvalue weighted by atomic mass is 16.1. The Labute approximate surface area is 102 Å². The molecule has 2 N–H and O–H groups in total. The first-order chi connectivity index (χ1) is 8.04. The van der Waals surface area contributed by atoms with Gasteiger partial charge in [0.25, 0.3) is 0 Å². The van der Waals surface area contributed by atoms with Gasteiger partial charge in [0.2, 0.25) is 5.91 Å². The fourth-order valence-corrected chi connectivity index (χ4v) is 1.57. The smallest absolute Gasteiger partial charge is 0.248 e. The zero-order valence-electron chi connectivity index (χ0n) is 10.2. The summed E-state index contributed by atoms with van der Waals surface area (Å²) in [5, 5.41) is 8.74. The molecule has 0 radical (unpaired) electrons. The number of nitrogens with two attached hydrogens (primary N) is 1. The van der Waals surface area contributed by atoms with Crippen LogP contribution < -0.4 is 5.73 Å². The molecule has 0 atom stereocenters. The van der Waals surface area contributed by atoms with Crippen molar-refractivity contribution in [2.75, 3.05) is 6.54 Å². The highest BCUT2D eigenvalue weighted by molar-refractivity contribution is 5.92. The fourth-order valence-electron chi connectivity index (χ4n) is 1.57. The number of carbonyl (C=O) groups excluding carboxylic acids is 1. The Hall–Kier alpha value is -1.86. The molecule has 0 spiro atoms. The largest absolute Gasteiger partial charge is 0.366 e.